The van der Waals surface area contributed by atoms with Crippen LogP contribution in [0.3, 0.4) is 0 Å². The number of ether oxygens (including phenoxy) is 2. The Morgan fingerprint density at radius 2 is 1.97 bits per heavy atom. The van der Waals surface area contributed by atoms with Gasteiger partial charge in [0, 0.05) is 25.0 Å². The van der Waals surface area contributed by atoms with Gasteiger partial charge in [-0.2, -0.15) is 4.31 Å². The average molecular weight is 453 g/mol. The molecule has 30 heavy (non-hydrogen) atoms. The number of esters is 1. The summed E-state index contributed by atoms with van der Waals surface area (Å²) < 4.78 is 37.4. The molecule has 2 heterocycles. The van der Waals surface area contributed by atoms with Crippen molar-refractivity contribution >= 4 is 33.2 Å². The highest BCUT2D eigenvalue weighted by molar-refractivity contribution is 7.89. The Balaban J connectivity index is 1.66. The van der Waals surface area contributed by atoms with Crippen LogP contribution in [-0.2, 0) is 30.8 Å². The Morgan fingerprint density at radius 3 is 2.63 bits per heavy atom. The van der Waals surface area contributed by atoms with Crippen molar-refractivity contribution in [1.82, 2.24) is 9.21 Å². The summed E-state index contributed by atoms with van der Waals surface area (Å²) >= 11 is 1.54. The van der Waals surface area contributed by atoms with Gasteiger partial charge in [-0.1, -0.05) is 12.1 Å². The zero-order valence-electron chi connectivity index (χ0n) is 16.9. The van der Waals surface area contributed by atoms with Crippen LogP contribution in [-0.4, -0.2) is 69.5 Å². The normalized spacial score (nSPS) is 15.0. The Kier molecular flexibility index (Phi) is 7.24. The van der Waals surface area contributed by atoms with Gasteiger partial charge in [-0.3, -0.25) is 4.79 Å². The van der Waals surface area contributed by atoms with E-state index < -0.39 is 22.6 Å². The lowest BCUT2D eigenvalue weighted by Gasteiger charge is -2.26. The second-order valence-corrected chi connectivity index (χ2v) is 9.87. The molecule has 3 rings (SSSR count). The predicted molar refractivity (Wildman–Crippen MR) is 112 cm³/mol. The maximum Gasteiger partial charge on any atom is 0.338 e. The van der Waals surface area contributed by atoms with Crippen LogP contribution >= 0.6 is 11.3 Å². The van der Waals surface area contributed by atoms with Gasteiger partial charge in [0.1, 0.15) is 0 Å². The first-order valence-corrected chi connectivity index (χ1v) is 11.7. The van der Waals surface area contributed by atoms with Gasteiger partial charge < -0.3 is 14.4 Å². The number of amides is 1. The van der Waals surface area contributed by atoms with E-state index in [0.717, 1.165) is 4.88 Å². The van der Waals surface area contributed by atoms with Crippen LogP contribution in [0.5, 0.6) is 0 Å². The largest absolute Gasteiger partial charge is 0.452 e. The van der Waals surface area contributed by atoms with Crippen molar-refractivity contribution in [2.75, 3.05) is 40.0 Å². The molecule has 2 aromatic rings. The molecule has 1 amide bonds. The standard InChI is InChI=1S/C20H24N2O6S2/c1-15-5-6-17(30(25,26)22-7-9-27-10-8-22)12-18(15)20(24)28-14-19(23)21(2)13-16-4-3-11-29-16/h3-6,11-12H,7-10,13-14H2,1-2H3. The van der Waals surface area contributed by atoms with Crippen molar-refractivity contribution in [3.05, 3.63) is 51.7 Å². The first-order chi connectivity index (χ1) is 14.3. The van der Waals surface area contributed by atoms with E-state index in [1.54, 1.807) is 20.0 Å². The molecule has 8 nitrogen and oxygen atoms in total. The Morgan fingerprint density at radius 1 is 1.23 bits per heavy atom. The predicted octanol–water partition coefficient (Wildman–Crippen LogP) is 1.89. The number of thiophene rings is 1. The smallest absolute Gasteiger partial charge is 0.338 e. The third kappa shape index (κ3) is 5.25. The van der Waals surface area contributed by atoms with Crippen LogP contribution < -0.4 is 0 Å². The van der Waals surface area contributed by atoms with Crippen LogP contribution in [0.2, 0.25) is 0 Å². The molecule has 0 saturated carbocycles. The number of rotatable bonds is 7. The zero-order valence-corrected chi connectivity index (χ0v) is 18.5. The molecule has 0 spiro atoms. The molecular weight excluding hydrogens is 428 g/mol. The molecule has 1 aromatic heterocycles. The number of aryl methyl sites for hydroxylation is 1. The van der Waals surface area contributed by atoms with Crippen molar-refractivity contribution in [1.29, 1.82) is 0 Å². The third-order valence-corrected chi connectivity index (χ3v) is 7.52. The minimum absolute atomic E-state index is 0.0167. The molecule has 1 saturated heterocycles. The van der Waals surface area contributed by atoms with Gasteiger partial charge in [0.15, 0.2) is 6.61 Å². The van der Waals surface area contributed by atoms with Crippen LogP contribution in [0.1, 0.15) is 20.8 Å². The molecule has 10 heteroatoms. The molecule has 1 aliphatic rings. The van der Waals surface area contributed by atoms with E-state index in [4.69, 9.17) is 9.47 Å². The number of likely N-dealkylation sites (N-methyl/N-ethyl adjacent to an activating group) is 1. The number of morpholine rings is 1. The van der Waals surface area contributed by atoms with Gasteiger partial charge in [0.05, 0.1) is 30.2 Å². The highest BCUT2D eigenvalue weighted by Gasteiger charge is 2.27. The lowest BCUT2D eigenvalue weighted by molar-refractivity contribution is -0.133. The number of nitrogens with zero attached hydrogens (tertiary/aromatic N) is 2. The molecule has 0 atom stereocenters. The second-order valence-electron chi connectivity index (χ2n) is 6.90. The number of benzene rings is 1. The molecule has 162 valence electrons. The summed E-state index contributed by atoms with van der Waals surface area (Å²) in [5, 5.41) is 1.93. The highest BCUT2D eigenvalue weighted by Crippen LogP contribution is 2.21. The molecule has 0 bridgehead atoms. The summed E-state index contributed by atoms with van der Waals surface area (Å²) in [6.07, 6.45) is 0. The zero-order chi connectivity index (χ0) is 21.7. The van der Waals surface area contributed by atoms with Crippen molar-refractivity contribution in [2.45, 2.75) is 18.4 Å². The Labute approximate surface area is 180 Å². The van der Waals surface area contributed by atoms with E-state index in [0.29, 0.717) is 25.3 Å². The number of hydrogen-bond acceptors (Lipinski definition) is 7. The maximum absolute atomic E-state index is 12.8. The number of hydrogen-bond donors (Lipinski definition) is 0. The molecule has 0 N–H and O–H groups in total. The quantitative estimate of drug-likeness (QED) is 0.596. The van der Waals surface area contributed by atoms with E-state index in [-0.39, 0.29) is 29.5 Å². The molecule has 0 radical (unpaired) electrons. The van der Waals surface area contributed by atoms with Crippen LogP contribution in [0.15, 0.2) is 40.6 Å². The SMILES string of the molecule is Cc1ccc(S(=O)(=O)N2CCOCC2)cc1C(=O)OCC(=O)N(C)Cc1cccs1. The molecular formula is C20H24N2O6S2. The summed E-state index contributed by atoms with van der Waals surface area (Å²) in [7, 11) is -2.10. The lowest BCUT2D eigenvalue weighted by Crippen LogP contribution is -2.40. The topological polar surface area (TPSA) is 93.2 Å². The molecule has 1 aliphatic heterocycles. The van der Waals surface area contributed by atoms with Gasteiger partial charge in [0.25, 0.3) is 5.91 Å². The summed E-state index contributed by atoms with van der Waals surface area (Å²) in [5.74, 6) is -1.07. The van der Waals surface area contributed by atoms with Crippen molar-refractivity contribution in [2.24, 2.45) is 0 Å². The van der Waals surface area contributed by atoms with E-state index in [2.05, 4.69) is 0 Å². The summed E-state index contributed by atoms with van der Waals surface area (Å²) in [6.45, 7) is 2.90. The number of carbonyl (C=O) groups is 2. The fourth-order valence-corrected chi connectivity index (χ4v) is 5.15. The summed E-state index contributed by atoms with van der Waals surface area (Å²) in [6, 6.07) is 8.16. The summed E-state index contributed by atoms with van der Waals surface area (Å²) in [5.41, 5.74) is 0.693. The average Bonchev–Trinajstić information content (AvgIpc) is 3.25. The first kappa shape index (κ1) is 22.4. The van der Waals surface area contributed by atoms with Gasteiger partial charge >= 0.3 is 5.97 Å². The van der Waals surface area contributed by atoms with E-state index in [1.807, 2.05) is 17.5 Å². The summed E-state index contributed by atoms with van der Waals surface area (Å²) in [4.78, 5) is 27.3. The fraction of sp³-hybridized carbons (Fsp3) is 0.400. The fourth-order valence-electron chi connectivity index (χ4n) is 2.96. The van der Waals surface area contributed by atoms with Crippen LogP contribution in [0, 0.1) is 6.92 Å². The minimum atomic E-state index is -3.74. The van der Waals surface area contributed by atoms with E-state index in [1.165, 1.54) is 32.7 Å². The van der Waals surface area contributed by atoms with Gasteiger partial charge in [0.2, 0.25) is 10.0 Å². The van der Waals surface area contributed by atoms with Gasteiger partial charge in [-0.25, -0.2) is 13.2 Å². The van der Waals surface area contributed by atoms with Gasteiger partial charge in [-0.15, -0.1) is 11.3 Å². The number of carbonyl (C=O) groups excluding carboxylic acids is 2. The van der Waals surface area contributed by atoms with Gasteiger partial charge in [-0.05, 0) is 36.1 Å². The lowest BCUT2D eigenvalue weighted by atomic mass is 10.1. The highest BCUT2D eigenvalue weighted by atomic mass is 32.2. The monoisotopic (exact) mass is 452 g/mol. The van der Waals surface area contributed by atoms with E-state index >= 15 is 0 Å². The third-order valence-electron chi connectivity index (χ3n) is 4.76. The van der Waals surface area contributed by atoms with Crippen molar-refractivity contribution < 1.29 is 27.5 Å². The Hall–Kier alpha value is -2.27. The first-order valence-electron chi connectivity index (χ1n) is 9.41. The molecule has 0 aliphatic carbocycles. The van der Waals surface area contributed by atoms with Crippen molar-refractivity contribution in [3.63, 3.8) is 0 Å². The van der Waals surface area contributed by atoms with Crippen LogP contribution in [0.25, 0.3) is 0 Å². The van der Waals surface area contributed by atoms with Crippen molar-refractivity contribution in [3.8, 4) is 0 Å². The van der Waals surface area contributed by atoms with Crippen LogP contribution in [0.4, 0.5) is 0 Å². The number of sulfonamides is 1. The second kappa shape index (κ2) is 9.69. The Bertz CT molecular complexity index is 998. The molecule has 0 unspecified atom stereocenters. The minimum Gasteiger partial charge on any atom is -0.452 e. The van der Waals surface area contributed by atoms with E-state index in [9.17, 15) is 18.0 Å². The molecule has 1 aromatic carbocycles. The molecule has 1 fully saturated rings. The maximum atomic E-state index is 12.8.